The van der Waals surface area contributed by atoms with Crippen molar-refractivity contribution in [2.45, 2.75) is 0 Å². The topological polar surface area (TPSA) is 96.5 Å². The van der Waals surface area contributed by atoms with Crippen LogP contribution < -0.4 is 15.0 Å². The number of methoxy groups -OCH3 is 2. The van der Waals surface area contributed by atoms with Gasteiger partial charge in [-0.25, -0.2) is 4.98 Å². The fourth-order valence-electron chi connectivity index (χ4n) is 3.48. The molecule has 8 nitrogen and oxygen atoms in total. The number of benzene rings is 3. The van der Waals surface area contributed by atoms with Gasteiger partial charge in [-0.1, -0.05) is 23.7 Å². The van der Waals surface area contributed by atoms with E-state index in [4.69, 9.17) is 21.1 Å². The number of rotatable bonds is 6. The third-order valence-corrected chi connectivity index (χ3v) is 5.97. The lowest BCUT2D eigenvalue weighted by molar-refractivity contribution is -0.384. The van der Waals surface area contributed by atoms with E-state index in [-0.39, 0.29) is 22.2 Å². The molecular weight excluding hydrogens is 573 g/mol. The molecule has 0 spiro atoms. The number of halogens is 2. The summed E-state index contributed by atoms with van der Waals surface area (Å²) in [6.07, 6.45) is 3.36. The van der Waals surface area contributed by atoms with Crippen LogP contribution in [-0.2, 0) is 0 Å². The zero-order valence-corrected chi connectivity index (χ0v) is 20.9. The minimum Gasteiger partial charge on any atom is -0.493 e. The summed E-state index contributed by atoms with van der Waals surface area (Å²) in [5, 5.41) is 12.3. The predicted molar refractivity (Wildman–Crippen MR) is 140 cm³/mol. The van der Waals surface area contributed by atoms with E-state index in [1.807, 2.05) is 12.1 Å². The molecule has 172 valence electrons. The molecule has 0 bridgehead atoms. The van der Waals surface area contributed by atoms with E-state index < -0.39 is 10.5 Å². The highest BCUT2D eigenvalue weighted by Crippen LogP contribution is 2.30. The molecule has 0 saturated heterocycles. The van der Waals surface area contributed by atoms with Crippen molar-refractivity contribution in [2.24, 2.45) is 0 Å². The molecule has 0 aliphatic rings. The summed E-state index contributed by atoms with van der Waals surface area (Å²) in [4.78, 5) is 29.4. The average Bonchev–Trinajstić information content (AvgIpc) is 2.83. The Hall–Kier alpha value is -3.44. The Bertz CT molecular complexity index is 1520. The molecule has 0 radical (unpaired) electrons. The Morgan fingerprint density at radius 2 is 1.79 bits per heavy atom. The van der Waals surface area contributed by atoms with E-state index >= 15 is 0 Å². The van der Waals surface area contributed by atoms with E-state index in [9.17, 15) is 14.9 Å². The molecule has 0 aliphatic heterocycles. The largest absolute Gasteiger partial charge is 0.493 e. The minimum atomic E-state index is -0.575. The van der Waals surface area contributed by atoms with Crippen molar-refractivity contribution in [3.8, 4) is 17.2 Å². The highest BCUT2D eigenvalue weighted by molar-refractivity contribution is 14.1. The lowest BCUT2D eigenvalue weighted by Crippen LogP contribution is -2.23. The van der Waals surface area contributed by atoms with Crippen LogP contribution in [0, 0.1) is 13.7 Å². The van der Waals surface area contributed by atoms with Crippen LogP contribution in [0.4, 0.5) is 5.69 Å². The first-order valence-electron chi connectivity index (χ1n) is 9.89. The van der Waals surface area contributed by atoms with E-state index in [0.717, 1.165) is 9.13 Å². The van der Waals surface area contributed by atoms with Gasteiger partial charge >= 0.3 is 0 Å². The molecule has 0 atom stereocenters. The van der Waals surface area contributed by atoms with Gasteiger partial charge in [0.1, 0.15) is 11.5 Å². The van der Waals surface area contributed by atoms with E-state index in [1.165, 1.54) is 29.9 Å². The van der Waals surface area contributed by atoms with Crippen LogP contribution >= 0.6 is 34.2 Å². The normalized spacial score (nSPS) is 11.2. The molecule has 1 heterocycles. The fraction of sp³-hybridized carbons (Fsp3) is 0.0833. The predicted octanol–water partition coefficient (Wildman–Crippen LogP) is 5.74. The second-order valence-corrected chi connectivity index (χ2v) is 8.79. The van der Waals surface area contributed by atoms with Crippen molar-refractivity contribution in [3.05, 3.63) is 95.0 Å². The number of aromatic nitrogens is 2. The molecule has 4 aromatic rings. The third-order valence-electron chi connectivity index (χ3n) is 5.06. The van der Waals surface area contributed by atoms with Crippen molar-refractivity contribution in [1.29, 1.82) is 0 Å². The van der Waals surface area contributed by atoms with E-state index in [1.54, 1.807) is 43.5 Å². The maximum absolute atomic E-state index is 13.6. The van der Waals surface area contributed by atoms with Gasteiger partial charge in [0.15, 0.2) is 11.5 Å². The number of nitro benzene ring substituents is 1. The molecule has 0 amide bonds. The van der Waals surface area contributed by atoms with Crippen molar-refractivity contribution in [2.75, 3.05) is 14.2 Å². The molecule has 10 heteroatoms. The molecule has 4 rings (SSSR count). The van der Waals surface area contributed by atoms with Gasteiger partial charge in [0.2, 0.25) is 0 Å². The Kier molecular flexibility index (Phi) is 6.85. The lowest BCUT2D eigenvalue weighted by Gasteiger charge is -2.12. The Balaban J connectivity index is 1.97. The molecule has 0 N–H and O–H groups in total. The molecule has 3 aromatic carbocycles. The summed E-state index contributed by atoms with van der Waals surface area (Å²) < 4.78 is 12.7. The first-order chi connectivity index (χ1) is 16.3. The number of nitrogens with zero attached hydrogens (tertiary/aromatic N) is 3. The Labute approximate surface area is 212 Å². The van der Waals surface area contributed by atoms with E-state index in [0.29, 0.717) is 22.4 Å². The molecule has 34 heavy (non-hydrogen) atoms. The summed E-state index contributed by atoms with van der Waals surface area (Å²) in [6.45, 7) is 0. The van der Waals surface area contributed by atoms with Gasteiger partial charge in [0.25, 0.3) is 11.2 Å². The summed E-state index contributed by atoms with van der Waals surface area (Å²) in [6, 6.07) is 14.8. The van der Waals surface area contributed by atoms with Gasteiger partial charge < -0.3 is 9.47 Å². The van der Waals surface area contributed by atoms with Gasteiger partial charge in [-0.3, -0.25) is 19.5 Å². The van der Waals surface area contributed by atoms with Crippen LogP contribution in [0.15, 0.2) is 59.4 Å². The standard InChI is InChI=1S/C24H17ClIN3O5/c1-33-21-9-3-14(11-22(21)34-2)4-10-23-27-18-7-6-16(26)13-17(18)24(30)28(23)19-8-5-15(25)12-20(19)29(31)32/h3-13H,1-2H3. The van der Waals surface area contributed by atoms with Gasteiger partial charge in [0.05, 0.1) is 30.0 Å². The molecular formula is C24H17ClIN3O5. The SMILES string of the molecule is COc1ccc(C=Cc2nc3ccc(I)cc3c(=O)n2-c2ccc(Cl)cc2[N+](=O)[O-])cc1OC. The summed E-state index contributed by atoms with van der Waals surface area (Å²) in [5.41, 5.74) is 0.569. The van der Waals surface area contributed by atoms with Crippen LogP contribution in [0.25, 0.3) is 28.7 Å². The Morgan fingerprint density at radius 1 is 1.03 bits per heavy atom. The minimum absolute atomic E-state index is 0.0691. The van der Waals surface area contributed by atoms with Crippen molar-refractivity contribution >= 4 is 62.9 Å². The molecule has 1 aromatic heterocycles. The van der Waals surface area contributed by atoms with Crippen molar-refractivity contribution in [3.63, 3.8) is 0 Å². The fourth-order valence-corrected chi connectivity index (χ4v) is 4.14. The first-order valence-corrected chi connectivity index (χ1v) is 11.3. The summed E-state index contributed by atoms with van der Waals surface area (Å²) >= 11 is 8.09. The van der Waals surface area contributed by atoms with Gasteiger partial charge in [0, 0.05) is 14.7 Å². The smallest absolute Gasteiger partial charge is 0.294 e. The Morgan fingerprint density at radius 3 is 2.50 bits per heavy atom. The molecule has 0 saturated carbocycles. The first kappa shape index (κ1) is 23.7. The van der Waals surface area contributed by atoms with Gasteiger partial charge in [-0.15, -0.1) is 0 Å². The number of hydrogen-bond donors (Lipinski definition) is 0. The second kappa shape index (κ2) is 9.82. The number of fused-ring (bicyclic) bond motifs is 1. The lowest BCUT2D eigenvalue weighted by atomic mass is 10.1. The highest BCUT2D eigenvalue weighted by atomic mass is 127. The number of nitro groups is 1. The zero-order valence-electron chi connectivity index (χ0n) is 18.0. The van der Waals surface area contributed by atoms with Gasteiger partial charge in [-0.2, -0.15) is 0 Å². The second-order valence-electron chi connectivity index (χ2n) is 7.11. The maximum atomic E-state index is 13.6. The van der Waals surface area contributed by atoms with E-state index in [2.05, 4.69) is 27.6 Å². The number of hydrogen-bond acceptors (Lipinski definition) is 6. The van der Waals surface area contributed by atoms with Crippen LogP contribution in [-0.4, -0.2) is 28.7 Å². The highest BCUT2D eigenvalue weighted by Gasteiger charge is 2.21. The molecule has 0 aliphatic carbocycles. The van der Waals surface area contributed by atoms with Gasteiger partial charge in [-0.05, 0) is 76.7 Å². The van der Waals surface area contributed by atoms with Crippen LogP contribution in [0.5, 0.6) is 11.5 Å². The quantitative estimate of drug-likeness (QED) is 0.162. The average molecular weight is 590 g/mol. The van der Waals surface area contributed by atoms with Crippen molar-refractivity contribution < 1.29 is 14.4 Å². The van der Waals surface area contributed by atoms with Crippen LogP contribution in [0.2, 0.25) is 5.02 Å². The van der Waals surface area contributed by atoms with Crippen molar-refractivity contribution in [1.82, 2.24) is 9.55 Å². The molecule has 0 fully saturated rings. The van der Waals surface area contributed by atoms with Crippen LogP contribution in [0.3, 0.4) is 0 Å². The summed E-state index contributed by atoms with van der Waals surface area (Å²) in [7, 11) is 3.08. The number of ether oxygens (including phenoxy) is 2. The summed E-state index contributed by atoms with van der Waals surface area (Å²) in [5.74, 6) is 1.34. The molecule has 0 unspecified atom stereocenters. The monoisotopic (exact) mass is 589 g/mol. The van der Waals surface area contributed by atoms with Crippen LogP contribution in [0.1, 0.15) is 11.4 Å². The zero-order chi connectivity index (χ0) is 24.4. The third kappa shape index (κ3) is 4.62. The maximum Gasteiger partial charge on any atom is 0.294 e.